The highest BCUT2D eigenvalue weighted by molar-refractivity contribution is 9.11. The Hall–Kier alpha value is 0.0600. The molecule has 1 N–H and O–H groups in total. The first-order chi connectivity index (χ1) is 9.54. The summed E-state index contributed by atoms with van der Waals surface area (Å²) in [5.41, 5.74) is 0. The zero-order valence-electron chi connectivity index (χ0n) is 10.5. The molecule has 112 valence electrons. The van der Waals surface area contributed by atoms with Crippen LogP contribution in [-0.2, 0) is 0 Å². The van der Waals surface area contributed by atoms with Gasteiger partial charge in [0.2, 0.25) is 0 Å². The van der Waals surface area contributed by atoms with Gasteiger partial charge in [0.25, 0.3) is 0 Å². The molecule has 0 aliphatic carbocycles. The lowest BCUT2D eigenvalue weighted by Crippen LogP contribution is -2.01. The number of rotatable bonds is 8. The monoisotopic (exact) mass is 446 g/mol. The van der Waals surface area contributed by atoms with Crippen LogP contribution in [0.15, 0.2) is 31.6 Å². The average Bonchev–Trinajstić information content (AvgIpc) is 2.36. The Kier molecular flexibility index (Phi) is 8.96. The van der Waals surface area contributed by atoms with Crippen LogP contribution in [-0.4, -0.2) is 24.9 Å². The quantitative estimate of drug-likeness (QED) is 0.565. The zero-order valence-corrected chi connectivity index (χ0v) is 15.2. The van der Waals surface area contributed by atoms with E-state index in [4.69, 9.17) is 37.8 Å². The minimum absolute atomic E-state index is 0.173. The molecule has 0 radical (unpaired) electrons. The second-order valence-corrected chi connectivity index (χ2v) is 6.52. The van der Waals surface area contributed by atoms with E-state index in [0.717, 1.165) is 21.8 Å². The number of aliphatic hydroxyl groups excluding tert-OH is 1. The van der Waals surface area contributed by atoms with E-state index < -0.39 is 0 Å². The molecule has 0 spiro atoms. The van der Waals surface area contributed by atoms with Gasteiger partial charge in [-0.3, -0.25) is 0 Å². The van der Waals surface area contributed by atoms with Crippen LogP contribution in [0.4, 0.5) is 0 Å². The largest absolute Gasteiger partial charge is 0.491 e. The molecule has 1 aromatic carbocycles. The number of hydrogen-bond donors (Lipinski definition) is 1. The van der Waals surface area contributed by atoms with Crippen LogP contribution in [0, 0.1) is 0 Å². The van der Waals surface area contributed by atoms with Gasteiger partial charge < -0.3 is 14.6 Å². The summed E-state index contributed by atoms with van der Waals surface area (Å²) in [5.74, 6) is 1.37. The molecule has 0 heterocycles. The molecular weight excluding hydrogens is 435 g/mol. The van der Waals surface area contributed by atoms with Gasteiger partial charge in [-0.05, 0) is 62.9 Å². The number of hydrogen-bond acceptors (Lipinski definition) is 3. The average molecular weight is 449 g/mol. The lowest BCUT2D eigenvalue weighted by Gasteiger charge is -2.12. The summed E-state index contributed by atoms with van der Waals surface area (Å²) in [6, 6.07) is 3.62. The fourth-order valence-electron chi connectivity index (χ4n) is 1.35. The molecule has 0 saturated carbocycles. The number of unbranched alkanes of at least 4 members (excludes halogenated alkanes) is 1. The van der Waals surface area contributed by atoms with Crippen LogP contribution in [0.1, 0.15) is 12.8 Å². The van der Waals surface area contributed by atoms with Gasteiger partial charge in [-0.15, -0.1) is 0 Å². The number of ether oxygens (including phenoxy) is 2. The third-order valence-corrected chi connectivity index (χ3v) is 3.74. The summed E-state index contributed by atoms with van der Waals surface area (Å²) in [6.45, 7) is 1.01. The molecule has 3 nitrogen and oxygen atoms in total. The van der Waals surface area contributed by atoms with E-state index in [1.807, 2.05) is 12.1 Å². The van der Waals surface area contributed by atoms with Crippen LogP contribution in [0.2, 0.25) is 0 Å². The smallest absolute Gasteiger partial charge is 0.147 e. The molecule has 0 bridgehead atoms. The van der Waals surface area contributed by atoms with Gasteiger partial charge in [0.05, 0.1) is 15.6 Å². The molecule has 0 amide bonds. The lowest BCUT2D eigenvalue weighted by atomic mass is 10.3. The highest BCUT2D eigenvalue weighted by atomic mass is 79.9. The Labute approximate surface area is 145 Å². The summed E-state index contributed by atoms with van der Waals surface area (Å²) >= 11 is 17.9. The van der Waals surface area contributed by atoms with E-state index in [2.05, 4.69) is 31.9 Å². The normalized spacial score (nSPS) is 10.2. The van der Waals surface area contributed by atoms with Crippen molar-refractivity contribution >= 4 is 55.1 Å². The zero-order chi connectivity index (χ0) is 15.0. The van der Waals surface area contributed by atoms with Crippen LogP contribution >= 0.6 is 55.1 Å². The fourth-order valence-corrected chi connectivity index (χ4v) is 2.85. The molecule has 20 heavy (non-hydrogen) atoms. The first kappa shape index (κ1) is 18.1. The molecule has 0 aliphatic heterocycles. The Bertz CT molecular complexity index is 440. The van der Waals surface area contributed by atoms with Crippen molar-refractivity contribution < 1.29 is 14.6 Å². The summed E-state index contributed by atoms with van der Waals surface area (Å²) in [6.07, 6.45) is 3.08. The molecule has 0 aliphatic rings. The minimum Gasteiger partial charge on any atom is -0.491 e. The van der Waals surface area contributed by atoms with Crippen LogP contribution in [0.5, 0.6) is 11.5 Å². The molecule has 0 unspecified atom stereocenters. The molecular formula is C13H14Br2Cl2O3. The van der Waals surface area contributed by atoms with Crippen LogP contribution in [0.25, 0.3) is 0 Å². The second-order valence-electron chi connectivity index (χ2n) is 3.80. The maximum absolute atomic E-state index is 8.72. The SMILES string of the molecule is OCCCCOc1c(Br)cc(OCC=C(Cl)Cl)cc1Br. The third kappa shape index (κ3) is 6.68. The lowest BCUT2D eigenvalue weighted by molar-refractivity contribution is 0.251. The van der Waals surface area contributed by atoms with Gasteiger partial charge in [-0.2, -0.15) is 0 Å². The van der Waals surface area contributed by atoms with E-state index in [9.17, 15) is 0 Å². The van der Waals surface area contributed by atoms with Gasteiger partial charge in [0, 0.05) is 6.61 Å². The van der Waals surface area contributed by atoms with E-state index in [1.165, 1.54) is 0 Å². The highest BCUT2D eigenvalue weighted by Crippen LogP contribution is 2.37. The molecule has 0 saturated heterocycles. The van der Waals surface area contributed by atoms with Crippen molar-refractivity contribution in [3.8, 4) is 11.5 Å². The maximum Gasteiger partial charge on any atom is 0.147 e. The summed E-state index contributed by atoms with van der Waals surface area (Å²) < 4.78 is 12.9. The predicted molar refractivity (Wildman–Crippen MR) is 88.9 cm³/mol. The van der Waals surface area contributed by atoms with Crippen molar-refractivity contribution in [1.82, 2.24) is 0 Å². The first-order valence-electron chi connectivity index (χ1n) is 5.91. The van der Waals surface area contributed by atoms with Gasteiger partial charge >= 0.3 is 0 Å². The Morgan fingerprint density at radius 2 is 1.80 bits per heavy atom. The molecule has 1 rings (SSSR count). The molecule has 1 aromatic rings. The van der Waals surface area contributed by atoms with Crippen molar-refractivity contribution in [1.29, 1.82) is 0 Å². The number of halogens is 4. The van der Waals surface area contributed by atoms with Crippen molar-refractivity contribution in [2.24, 2.45) is 0 Å². The van der Waals surface area contributed by atoms with Crippen LogP contribution < -0.4 is 9.47 Å². The summed E-state index contributed by atoms with van der Waals surface area (Å²) in [4.78, 5) is 0. The number of aliphatic hydroxyl groups is 1. The third-order valence-electron chi connectivity index (χ3n) is 2.26. The molecule has 0 aromatic heterocycles. The van der Waals surface area contributed by atoms with Crippen molar-refractivity contribution in [3.63, 3.8) is 0 Å². The maximum atomic E-state index is 8.72. The van der Waals surface area contributed by atoms with E-state index >= 15 is 0 Å². The Morgan fingerprint density at radius 3 is 2.35 bits per heavy atom. The van der Waals surface area contributed by atoms with Crippen molar-refractivity contribution in [3.05, 3.63) is 31.6 Å². The van der Waals surface area contributed by atoms with E-state index in [-0.39, 0.29) is 17.7 Å². The molecule has 0 atom stereocenters. The van der Waals surface area contributed by atoms with E-state index in [0.29, 0.717) is 18.1 Å². The number of benzene rings is 1. The van der Waals surface area contributed by atoms with Gasteiger partial charge in [-0.25, -0.2) is 0 Å². The molecule has 7 heteroatoms. The Balaban J connectivity index is 2.63. The van der Waals surface area contributed by atoms with Gasteiger partial charge in [0.1, 0.15) is 22.6 Å². The fraction of sp³-hybridized carbons (Fsp3) is 0.385. The van der Waals surface area contributed by atoms with E-state index in [1.54, 1.807) is 6.08 Å². The minimum atomic E-state index is 0.173. The van der Waals surface area contributed by atoms with Crippen molar-refractivity contribution in [2.75, 3.05) is 19.8 Å². The van der Waals surface area contributed by atoms with Gasteiger partial charge in [0.15, 0.2) is 0 Å². The second kappa shape index (κ2) is 9.90. The summed E-state index contributed by atoms with van der Waals surface area (Å²) in [7, 11) is 0. The van der Waals surface area contributed by atoms with Gasteiger partial charge in [-0.1, -0.05) is 23.2 Å². The Morgan fingerprint density at radius 1 is 1.15 bits per heavy atom. The van der Waals surface area contributed by atoms with Crippen molar-refractivity contribution in [2.45, 2.75) is 12.8 Å². The summed E-state index contributed by atoms with van der Waals surface area (Å²) in [5, 5.41) is 8.72. The van der Waals surface area contributed by atoms with Crippen LogP contribution in [0.3, 0.4) is 0 Å². The highest BCUT2D eigenvalue weighted by Gasteiger charge is 2.09. The molecule has 0 fully saturated rings. The first-order valence-corrected chi connectivity index (χ1v) is 8.25. The predicted octanol–water partition coefficient (Wildman–Crippen LogP) is 5.06. The topological polar surface area (TPSA) is 38.7 Å². The standard InChI is InChI=1S/C13H14Br2Cl2O3/c14-10-7-9(19-6-3-12(16)17)8-11(15)13(10)20-5-2-1-4-18/h3,7-8,18H,1-2,4-6H2.